The number of alkyl halides is 3. The minimum Gasteiger partial charge on any atom is -0.456 e. The van der Waals surface area contributed by atoms with Crippen LogP contribution in [0.2, 0.25) is 0 Å². The fourth-order valence-corrected chi connectivity index (χ4v) is 3.70. The highest BCUT2D eigenvalue weighted by Gasteiger charge is 2.30. The van der Waals surface area contributed by atoms with Gasteiger partial charge in [0, 0.05) is 17.0 Å². The summed E-state index contributed by atoms with van der Waals surface area (Å²) in [6.07, 6.45) is -4.45. The van der Waals surface area contributed by atoms with E-state index in [1.54, 1.807) is 19.1 Å². The SMILES string of the molecule is Cc1ccc(S(=O)(=O)NCC(=O)OCC(=O)c2cc(C)n(CC(F)(F)F)c2C)cc1. The maximum atomic E-state index is 12.7. The monoisotopic (exact) mass is 446 g/mol. The fourth-order valence-electron chi connectivity index (χ4n) is 2.74. The van der Waals surface area contributed by atoms with Crippen molar-refractivity contribution in [3.05, 3.63) is 52.8 Å². The van der Waals surface area contributed by atoms with Gasteiger partial charge in [-0.3, -0.25) is 9.59 Å². The number of aromatic nitrogens is 1. The fraction of sp³-hybridized carbons (Fsp3) is 0.368. The third kappa shape index (κ3) is 6.17. The molecule has 0 spiro atoms. The normalized spacial score (nSPS) is 12.1. The summed E-state index contributed by atoms with van der Waals surface area (Å²) in [5, 5.41) is 0. The number of halogens is 3. The van der Waals surface area contributed by atoms with Crippen LogP contribution >= 0.6 is 0 Å². The predicted molar refractivity (Wildman–Crippen MR) is 102 cm³/mol. The number of hydrogen-bond donors (Lipinski definition) is 1. The number of carbonyl (C=O) groups excluding carboxylic acids is 2. The van der Waals surface area contributed by atoms with E-state index in [9.17, 15) is 31.2 Å². The van der Waals surface area contributed by atoms with Gasteiger partial charge in [-0.2, -0.15) is 17.9 Å². The molecule has 1 aromatic heterocycles. The minimum atomic E-state index is -4.45. The zero-order chi connectivity index (χ0) is 22.7. The van der Waals surface area contributed by atoms with Crippen LogP contribution in [-0.4, -0.2) is 44.1 Å². The maximum Gasteiger partial charge on any atom is 0.406 e. The summed E-state index contributed by atoms with van der Waals surface area (Å²) >= 11 is 0. The Hall–Kier alpha value is -2.66. The number of ketones is 1. The molecule has 1 N–H and O–H groups in total. The first-order chi connectivity index (χ1) is 13.8. The van der Waals surface area contributed by atoms with Crippen LogP contribution in [0.4, 0.5) is 13.2 Å². The Labute approximate surface area is 171 Å². The zero-order valence-electron chi connectivity index (χ0n) is 16.5. The number of Topliss-reactive ketones (excluding diaryl/α,β-unsaturated/α-hetero) is 1. The van der Waals surface area contributed by atoms with Gasteiger partial charge in [0.05, 0.1) is 4.90 Å². The van der Waals surface area contributed by atoms with Gasteiger partial charge < -0.3 is 9.30 Å². The summed E-state index contributed by atoms with van der Waals surface area (Å²) in [7, 11) is -3.93. The van der Waals surface area contributed by atoms with Gasteiger partial charge in [-0.1, -0.05) is 17.7 Å². The van der Waals surface area contributed by atoms with Crippen molar-refractivity contribution in [3.63, 3.8) is 0 Å². The van der Waals surface area contributed by atoms with E-state index in [2.05, 4.69) is 4.72 Å². The highest BCUT2D eigenvalue weighted by molar-refractivity contribution is 7.89. The van der Waals surface area contributed by atoms with Gasteiger partial charge in [-0.25, -0.2) is 8.42 Å². The van der Waals surface area contributed by atoms with Crippen molar-refractivity contribution in [1.29, 1.82) is 0 Å². The molecule has 164 valence electrons. The van der Waals surface area contributed by atoms with E-state index in [4.69, 9.17) is 4.74 Å². The molecular weight excluding hydrogens is 425 g/mol. The summed E-state index contributed by atoms with van der Waals surface area (Å²) in [6.45, 7) is 1.93. The zero-order valence-corrected chi connectivity index (χ0v) is 17.4. The second kappa shape index (κ2) is 9.00. The van der Waals surface area contributed by atoms with Gasteiger partial charge in [0.25, 0.3) is 0 Å². The van der Waals surface area contributed by atoms with Crippen molar-refractivity contribution in [3.8, 4) is 0 Å². The first kappa shape index (κ1) is 23.6. The number of carbonyl (C=O) groups is 2. The van der Waals surface area contributed by atoms with E-state index < -0.39 is 47.6 Å². The first-order valence-corrected chi connectivity index (χ1v) is 10.3. The van der Waals surface area contributed by atoms with Gasteiger partial charge in [0.1, 0.15) is 13.1 Å². The predicted octanol–water partition coefficient (Wildman–Crippen LogP) is 2.68. The number of nitrogens with one attached hydrogen (secondary N) is 1. The van der Waals surface area contributed by atoms with Crippen molar-refractivity contribution in [2.45, 2.75) is 38.4 Å². The van der Waals surface area contributed by atoms with Gasteiger partial charge >= 0.3 is 12.1 Å². The molecular formula is C19H21F3N2O5S. The summed E-state index contributed by atoms with van der Waals surface area (Å²) in [5.74, 6) is -1.69. The standard InChI is InChI=1S/C19H21F3N2O5S/c1-12-4-6-15(7-5-12)30(27,28)23-9-18(26)29-10-17(25)16-8-13(2)24(14(16)3)11-19(20,21)22/h4-8,23H,9-11H2,1-3H3. The number of ether oxygens (including phenoxy) is 1. The van der Waals surface area contributed by atoms with E-state index in [1.807, 2.05) is 0 Å². The number of hydrogen-bond acceptors (Lipinski definition) is 5. The molecule has 0 saturated carbocycles. The molecule has 0 saturated heterocycles. The van der Waals surface area contributed by atoms with Crippen LogP contribution in [0.5, 0.6) is 0 Å². The lowest BCUT2D eigenvalue weighted by atomic mass is 10.1. The van der Waals surface area contributed by atoms with E-state index in [0.29, 0.717) is 0 Å². The van der Waals surface area contributed by atoms with E-state index in [1.165, 1.54) is 32.0 Å². The summed E-state index contributed by atoms with van der Waals surface area (Å²) in [6, 6.07) is 7.24. The van der Waals surface area contributed by atoms with E-state index in [-0.39, 0.29) is 21.8 Å². The number of aryl methyl sites for hydroxylation is 2. The summed E-state index contributed by atoms with van der Waals surface area (Å²) < 4.78 is 70.0. The highest BCUT2D eigenvalue weighted by atomic mass is 32.2. The number of nitrogens with zero attached hydrogens (tertiary/aromatic N) is 1. The minimum absolute atomic E-state index is 0.00443. The van der Waals surface area contributed by atoms with Crippen LogP contribution in [0.3, 0.4) is 0 Å². The summed E-state index contributed by atoms with van der Waals surface area (Å²) in [4.78, 5) is 24.0. The molecule has 30 heavy (non-hydrogen) atoms. The molecule has 1 aromatic carbocycles. The second-order valence-corrected chi connectivity index (χ2v) is 8.47. The van der Waals surface area contributed by atoms with Gasteiger partial charge in [0.2, 0.25) is 15.8 Å². The van der Waals surface area contributed by atoms with Crippen LogP contribution in [-0.2, 0) is 26.1 Å². The molecule has 0 aliphatic heterocycles. The van der Waals surface area contributed by atoms with E-state index >= 15 is 0 Å². The Bertz CT molecular complexity index is 1040. The third-order valence-corrected chi connectivity index (χ3v) is 5.73. The van der Waals surface area contributed by atoms with Crippen molar-refractivity contribution in [1.82, 2.24) is 9.29 Å². The smallest absolute Gasteiger partial charge is 0.406 e. The van der Waals surface area contributed by atoms with Crippen LogP contribution in [0, 0.1) is 20.8 Å². The first-order valence-electron chi connectivity index (χ1n) is 8.79. The molecule has 2 rings (SSSR count). The van der Waals surface area contributed by atoms with Crippen LogP contribution in [0.25, 0.3) is 0 Å². The van der Waals surface area contributed by atoms with Crippen LogP contribution in [0.15, 0.2) is 35.2 Å². The Balaban J connectivity index is 1.94. The Morgan fingerprint density at radius 2 is 1.70 bits per heavy atom. The van der Waals surface area contributed by atoms with Crippen molar-refractivity contribution >= 4 is 21.8 Å². The lowest BCUT2D eigenvalue weighted by Gasteiger charge is -2.12. The summed E-state index contributed by atoms with van der Waals surface area (Å²) in [5.41, 5.74) is 1.21. The van der Waals surface area contributed by atoms with Gasteiger partial charge in [-0.15, -0.1) is 0 Å². The molecule has 2 aromatic rings. The van der Waals surface area contributed by atoms with Crippen LogP contribution < -0.4 is 4.72 Å². The van der Waals surface area contributed by atoms with Crippen molar-refractivity contribution < 1.29 is 35.9 Å². The molecule has 0 fully saturated rings. The number of esters is 1. The van der Waals surface area contributed by atoms with Crippen molar-refractivity contribution in [2.75, 3.05) is 13.2 Å². The molecule has 1 heterocycles. The number of rotatable bonds is 8. The lowest BCUT2D eigenvalue weighted by molar-refractivity contribution is -0.141. The molecule has 0 aliphatic rings. The van der Waals surface area contributed by atoms with E-state index in [0.717, 1.165) is 10.1 Å². The molecule has 0 radical (unpaired) electrons. The molecule has 0 aliphatic carbocycles. The molecule has 0 atom stereocenters. The maximum absolute atomic E-state index is 12.7. The average Bonchev–Trinajstić information content (AvgIpc) is 2.92. The molecule has 0 bridgehead atoms. The highest BCUT2D eigenvalue weighted by Crippen LogP contribution is 2.23. The topological polar surface area (TPSA) is 94.5 Å². The number of sulfonamides is 1. The Morgan fingerprint density at radius 1 is 1.10 bits per heavy atom. The Kier molecular flexibility index (Phi) is 7.09. The Morgan fingerprint density at radius 3 is 2.27 bits per heavy atom. The molecule has 11 heteroatoms. The second-order valence-electron chi connectivity index (χ2n) is 6.71. The average molecular weight is 446 g/mol. The van der Waals surface area contributed by atoms with Crippen LogP contribution in [0.1, 0.15) is 27.3 Å². The number of benzene rings is 1. The molecule has 0 amide bonds. The van der Waals surface area contributed by atoms with Gasteiger partial charge in [-0.05, 0) is 39.0 Å². The van der Waals surface area contributed by atoms with Crippen molar-refractivity contribution in [2.24, 2.45) is 0 Å². The lowest BCUT2D eigenvalue weighted by Crippen LogP contribution is -2.31. The molecule has 7 nitrogen and oxygen atoms in total. The molecule has 0 unspecified atom stereocenters. The third-order valence-electron chi connectivity index (χ3n) is 4.31. The largest absolute Gasteiger partial charge is 0.456 e. The quantitative estimate of drug-likeness (QED) is 0.497. The van der Waals surface area contributed by atoms with Gasteiger partial charge in [0.15, 0.2) is 6.61 Å².